The molecule has 124 valence electrons. The molecule has 0 fully saturated rings. The van der Waals surface area contributed by atoms with Crippen molar-refractivity contribution in [3.8, 4) is 10.6 Å². The fourth-order valence-corrected chi connectivity index (χ4v) is 3.06. The molecule has 0 aliphatic rings. The van der Waals surface area contributed by atoms with E-state index in [1.54, 1.807) is 0 Å². The zero-order valence-corrected chi connectivity index (χ0v) is 13.1. The van der Waals surface area contributed by atoms with E-state index in [0.29, 0.717) is 10.6 Å². The SMILES string of the molecule is O=C(Nc1nnc(C(F)(F)F)s1)c1csc(-c2ccc(F)cc2)n1. The van der Waals surface area contributed by atoms with Gasteiger partial charge in [-0.15, -0.1) is 21.5 Å². The van der Waals surface area contributed by atoms with Crippen molar-refractivity contribution in [3.63, 3.8) is 0 Å². The van der Waals surface area contributed by atoms with Crippen LogP contribution in [0.4, 0.5) is 22.7 Å². The quantitative estimate of drug-likeness (QED) is 0.702. The van der Waals surface area contributed by atoms with Crippen molar-refractivity contribution in [2.75, 3.05) is 5.32 Å². The van der Waals surface area contributed by atoms with E-state index in [1.165, 1.54) is 29.6 Å². The molecule has 3 rings (SSSR count). The van der Waals surface area contributed by atoms with Crippen LogP contribution in [0.5, 0.6) is 0 Å². The van der Waals surface area contributed by atoms with Crippen molar-refractivity contribution < 1.29 is 22.4 Å². The number of nitrogens with one attached hydrogen (secondary N) is 1. The first kappa shape index (κ1) is 16.5. The minimum Gasteiger partial charge on any atom is -0.295 e. The smallest absolute Gasteiger partial charge is 0.295 e. The number of rotatable bonds is 3. The maximum atomic E-state index is 12.9. The van der Waals surface area contributed by atoms with Crippen molar-refractivity contribution in [1.82, 2.24) is 15.2 Å². The molecule has 1 aromatic carbocycles. The largest absolute Gasteiger partial charge is 0.445 e. The minimum atomic E-state index is -4.61. The molecule has 0 saturated carbocycles. The average Bonchev–Trinajstić information content (AvgIpc) is 3.16. The number of alkyl halides is 3. The van der Waals surface area contributed by atoms with Crippen molar-refractivity contribution in [1.29, 1.82) is 0 Å². The third kappa shape index (κ3) is 3.57. The molecule has 1 amide bonds. The van der Waals surface area contributed by atoms with Gasteiger partial charge in [0.1, 0.15) is 16.5 Å². The van der Waals surface area contributed by atoms with Gasteiger partial charge in [-0.25, -0.2) is 9.37 Å². The summed E-state index contributed by atoms with van der Waals surface area (Å²) in [6, 6.07) is 5.54. The normalized spacial score (nSPS) is 11.5. The lowest BCUT2D eigenvalue weighted by atomic mass is 10.2. The number of amides is 1. The lowest BCUT2D eigenvalue weighted by Gasteiger charge is -1.98. The number of anilines is 1. The number of aromatic nitrogens is 3. The molecule has 0 radical (unpaired) electrons. The molecule has 0 bridgehead atoms. The standard InChI is InChI=1S/C13H6F4N4OS2/c14-7-3-1-6(2-4-7)10-18-8(5-23-10)9(22)19-12-21-20-11(24-12)13(15,16)17/h1-5H,(H,19,21,22). The molecular weight excluding hydrogens is 368 g/mol. The highest BCUT2D eigenvalue weighted by Crippen LogP contribution is 2.33. The molecule has 2 aromatic heterocycles. The van der Waals surface area contributed by atoms with Crippen LogP contribution in [-0.4, -0.2) is 21.1 Å². The Hall–Kier alpha value is -2.40. The van der Waals surface area contributed by atoms with Crippen LogP contribution in [0.3, 0.4) is 0 Å². The van der Waals surface area contributed by atoms with Gasteiger partial charge in [-0.1, -0.05) is 11.3 Å². The summed E-state index contributed by atoms with van der Waals surface area (Å²) in [4.78, 5) is 16.1. The van der Waals surface area contributed by atoms with Gasteiger partial charge in [0.2, 0.25) is 10.1 Å². The first-order valence-corrected chi connectivity index (χ1v) is 7.96. The molecule has 0 spiro atoms. The van der Waals surface area contributed by atoms with Crippen LogP contribution in [0.15, 0.2) is 29.6 Å². The maximum absolute atomic E-state index is 12.9. The first-order valence-electron chi connectivity index (χ1n) is 6.26. The molecule has 11 heteroatoms. The number of hydrogen-bond acceptors (Lipinski definition) is 6. The van der Waals surface area contributed by atoms with Gasteiger partial charge in [0, 0.05) is 10.9 Å². The van der Waals surface area contributed by atoms with Crippen LogP contribution < -0.4 is 5.32 Å². The molecule has 1 N–H and O–H groups in total. The summed E-state index contributed by atoms with van der Waals surface area (Å²) in [6.45, 7) is 0. The summed E-state index contributed by atoms with van der Waals surface area (Å²) >= 11 is 1.37. The monoisotopic (exact) mass is 374 g/mol. The Bertz CT molecular complexity index is 873. The number of carbonyl (C=O) groups excluding carboxylic acids is 1. The van der Waals surface area contributed by atoms with Crippen molar-refractivity contribution in [3.05, 3.63) is 46.2 Å². The summed E-state index contributed by atoms with van der Waals surface area (Å²) in [7, 11) is 0. The second-order valence-electron chi connectivity index (χ2n) is 4.41. The highest BCUT2D eigenvalue weighted by molar-refractivity contribution is 7.15. The molecule has 0 aliphatic heterocycles. The second kappa shape index (κ2) is 6.24. The predicted molar refractivity (Wildman–Crippen MR) is 80.4 cm³/mol. The van der Waals surface area contributed by atoms with E-state index in [1.807, 2.05) is 0 Å². The van der Waals surface area contributed by atoms with Crippen LogP contribution in [0.1, 0.15) is 15.5 Å². The van der Waals surface area contributed by atoms with E-state index in [9.17, 15) is 22.4 Å². The van der Waals surface area contributed by atoms with Gasteiger partial charge in [-0.2, -0.15) is 13.2 Å². The number of hydrogen-bond donors (Lipinski definition) is 1. The van der Waals surface area contributed by atoms with Gasteiger partial charge in [0.05, 0.1) is 0 Å². The Kier molecular flexibility index (Phi) is 4.28. The highest BCUT2D eigenvalue weighted by atomic mass is 32.1. The van der Waals surface area contributed by atoms with E-state index < -0.39 is 22.9 Å². The van der Waals surface area contributed by atoms with Crippen molar-refractivity contribution >= 4 is 33.7 Å². The Morgan fingerprint density at radius 3 is 2.46 bits per heavy atom. The lowest BCUT2D eigenvalue weighted by molar-refractivity contribution is -0.138. The minimum absolute atomic E-state index is 0.0167. The topological polar surface area (TPSA) is 67.8 Å². The summed E-state index contributed by atoms with van der Waals surface area (Å²) in [6.07, 6.45) is -4.61. The van der Waals surface area contributed by atoms with Gasteiger partial charge in [-0.3, -0.25) is 10.1 Å². The van der Waals surface area contributed by atoms with Gasteiger partial charge in [0.25, 0.3) is 5.91 Å². The summed E-state index contributed by atoms with van der Waals surface area (Å²) in [5.74, 6) is -1.10. The van der Waals surface area contributed by atoms with Gasteiger partial charge < -0.3 is 0 Å². The third-order valence-electron chi connectivity index (χ3n) is 2.72. The second-order valence-corrected chi connectivity index (χ2v) is 6.24. The highest BCUT2D eigenvalue weighted by Gasteiger charge is 2.35. The Labute approximate surface area is 140 Å². The molecule has 0 saturated heterocycles. The molecule has 0 atom stereocenters. The zero-order valence-electron chi connectivity index (χ0n) is 11.5. The number of halogens is 4. The Morgan fingerprint density at radius 2 is 1.83 bits per heavy atom. The van der Waals surface area contributed by atoms with Crippen molar-refractivity contribution in [2.45, 2.75) is 6.18 Å². The van der Waals surface area contributed by atoms with Gasteiger partial charge >= 0.3 is 6.18 Å². The van der Waals surface area contributed by atoms with Gasteiger partial charge in [-0.05, 0) is 24.3 Å². The van der Waals surface area contributed by atoms with E-state index >= 15 is 0 Å². The van der Waals surface area contributed by atoms with Crippen LogP contribution in [0.25, 0.3) is 10.6 Å². The lowest BCUT2D eigenvalue weighted by Crippen LogP contribution is -2.12. The average molecular weight is 374 g/mol. The summed E-state index contributed by atoms with van der Waals surface area (Å²) in [5, 5.41) is 8.96. The number of nitrogens with zero attached hydrogens (tertiary/aromatic N) is 3. The number of thiazole rings is 1. The van der Waals surface area contributed by atoms with E-state index in [2.05, 4.69) is 20.5 Å². The number of benzene rings is 1. The predicted octanol–water partition coefficient (Wildman–Crippen LogP) is 4.07. The molecule has 5 nitrogen and oxygen atoms in total. The fraction of sp³-hybridized carbons (Fsp3) is 0.0769. The molecule has 0 aliphatic carbocycles. The van der Waals surface area contributed by atoms with Crippen LogP contribution in [0.2, 0.25) is 0 Å². The zero-order chi connectivity index (χ0) is 17.3. The molecule has 3 aromatic rings. The maximum Gasteiger partial charge on any atom is 0.445 e. The summed E-state index contributed by atoms with van der Waals surface area (Å²) < 4.78 is 50.2. The Morgan fingerprint density at radius 1 is 1.12 bits per heavy atom. The first-order chi connectivity index (χ1) is 11.3. The molecule has 0 unspecified atom stereocenters. The number of carbonyl (C=O) groups is 1. The van der Waals surface area contributed by atoms with Crippen molar-refractivity contribution in [2.24, 2.45) is 0 Å². The Balaban J connectivity index is 1.74. The molecule has 2 heterocycles. The van der Waals surface area contributed by atoms with Crippen LogP contribution in [0, 0.1) is 5.82 Å². The van der Waals surface area contributed by atoms with Gasteiger partial charge in [0.15, 0.2) is 0 Å². The third-order valence-corrected chi connectivity index (χ3v) is 4.49. The van der Waals surface area contributed by atoms with E-state index in [0.717, 1.165) is 11.3 Å². The van der Waals surface area contributed by atoms with E-state index in [4.69, 9.17) is 0 Å². The fourth-order valence-electron chi connectivity index (χ4n) is 1.65. The van der Waals surface area contributed by atoms with Crippen LogP contribution >= 0.6 is 22.7 Å². The summed E-state index contributed by atoms with van der Waals surface area (Å²) in [5.41, 5.74) is 0.638. The van der Waals surface area contributed by atoms with Crippen LogP contribution in [-0.2, 0) is 6.18 Å². The van der Waals surface area contributed by atoms with E-state index in [-0.39, 0.29) is 22.2 Å². The molecule has 24 heavy (non-hydrogen) atoms. The molecular formula is C13H6F4N4OS2.